The van der Waals surface area contributed by atoms with Gasteiger partial charge in [-0.1, -0.05) is 13.0 Å². The zero-order chi connectivity index (χ0) is 9.68. The van der Waals surface area contributed by atoms with Crippen LogP contribution in [-0.2, 0) is 11.2 Å². The topological polar surface area (TPSA) is 29.1 Å². The summed E-state index contributed by atoms with van der Waals surface area (Å²) in [6.07, 6.45) is 0.584. The molecule has 0 aliphatic heterocycles. The lowest BCUT2D eigenvalue weighted by Gasteiger charge is -2.07. The molecule has 0 saturated carbocycles. The van der Waals surface area contributed by atoms with Crippen molar-refractivity contribution in [3.05, 3.63) is 22.4 Å². The summed E-state index contributed by atoms with van der Waals surface area (Å²) < 4.78 is 0. The number of rotatable bonds is 5. The molecule has 0 bridgehead atoms. The largest absolute Gasteiger partial charge is 0.319 e. The Morgan fingerprint density at radius 1 is 1.69 bits per heavy atom. The van der Waals surface area contributed by atoms with Crippen molar-refractivity contribution in [2.24, 2.45) is 5.92 Å². The third kappa shape index (κ3) is 3.28. The highest BCUT2D eigenvalue weighted by Crippen LogP contribution is 2.11. The number of hydrogen-bond donors (Lipinski definition) is 1. The Hall–Kier alpha value is -0.670. The van der Waals surface area contributed by atoms with Crippen molar-refractivity contribution in [1.82, 2.24) is 5.32 Å². The number of thiophene rings is 1. The molecule has 1 heterocycles. The molecule has 3 heteroatoms. The lowest BCUT2D eigenvalue weighted by Crippen LogP contribution is -2.24. The van der Waals surface area contributed by atoms with Gasteiger partial charge in [0.25, 0.3) is 0 Å². The average molecular weight is 197 g/mol. The van der Waals surface area contributed by atoms with Crippen LogP contribution in [0.25, 0.3) is 0 Å². The minimum Gasteiger partial charge on any atom is -0.319 e. The van der Waals surface area contributed by atoms with E-state index in [0.29, 0.717) is 12.2 Å². The Bertz CT molecular complexity index is 256. The lowest BCUT2D eigenvalue weighted by molar-refractivity contribution is -0.121. The molecule has 1 aromatic rings. The molecule has 72 valence electrons. The van der Waals surface area contributed by atoms with Gasteiger partial charge in [-0.3, -0.25) is 4.79 Å². The van der Waals surface area contributed by atoms with Crippen LogP contribution in [0.2, 0.25) is 0 Å². The maximum atomic E-state index is 11.6. The lowest BCUT2D eigenvalue weighted by atomic mass is 10.0. The Morgan fingerprint density at radius 3 is 3.00 bits per heavy atom. The summed E-state index contributed by atoms with van der Waals surface area (Å²) in [6.45, 7) is 2.73. The van der Waals surface area contributed by atoms with Crippen LogP contribution >= 0.6 is 11.3 Å². The van der Waals surface area contributed by atoms with Gasteiger partial charge >= 0.3 is 0 Å². The second-order valence-electron chi connectivity index (χ2n) is 3.18. The maximum absolute atomic E-state index is 11.6. The first kappa shape index (κ1) is 10.4. The van der Waals surface area contributed by atoms with Gasteiger partial charge < -0.3 is 5.32 Å². The molecule has 0 saturated heterocycles. The summed E-state index contributed by atoms with van der Waals surface area (Å²) in [7, 11) is 1.87. The monoisotopic (exact) mass is 197 g/mol. The fourth-order valence-corrected chi connectivity index (χ4v) is 1.89. The molecule has 0 spiro atoms. The van der Waals surface area contributed by atoms with E-state index in [-0.39, 0.29) is 5.92 Å². The molecule has 0 radical (unpaired) electrons. The molecule has 1 unspecified atom stereocenters. The maximum Gasteiger partial charge on any atom is 0.142 e. The number of Topliss-reactive ketones (excluding diaryl/α,β-unsaturated/α-hetero) is 1. The van der Waals surface area contributed by atoms with Gasteiger partial charge in [-0.2, -0.15) is 0 Å². The molecule has 0 amide bonds. The van der Waals surface area contributed by atoms with Crippen LogP contribution in [-0.4, -0.2) is 19.4 Å². The number of nitrogens with one attached hydrogen (secondary N) is 1. The number of carbonyl (C=O) groups is 1. The quantitative estimate of drug-likeness (QED) is 0.778. The number of hydrogen-bond acceptors (Lipinski definition) is 3. The SMILES string of the molecule is CNCC(C)C(=O)Cc1cccs1. The Morgan fingerprint density at radius 2 is 2.46 bits per heavy atom. The molecule has 1 rings (SSSR count). The van der Waals surface area contributed by atoms with E-state index >= 15 is 0 Å². The summed E-state index contributed by atoms with van der Waals surface area (Å²) in [4.78, 5) is 12.7. The van der Waals surface area contributed by atoms with Crippen LogP contribution in [0.1, 0.15) is 11.8 Å². The second kappa shape index (κ2) is 5.14. The first-order valence-electron chi connectivity index (χ1n) is 4.43. The van der Waals surface area contributed by atoms with E-state index in [2.05, 4.69) is 5.32 Å². The highest BCUT2D eigenvalue weighted by atomic mass is 32.1. The predicted molar refractivity (Wildman–Crippen MR) is 56.1 cm³/mol. The minimum absolute atomic E-state index is 0.118. The van der Waals surface area contributed by atoms with Crippen molar-refractivity contribution < 1.29 is 4.79 Å². The van der Waals surface area contributed by atoms with Gasteiger partial charge in [-0.15, -0.1) is 11.3 Å². The van der Waals surface area contributed by atoms with Gasteiger partial charge in [0, 0.05) is 23.8 Å². The van der Waals surface area contributed by atoms with E-state index in [1.165, 1.54) is 0 Å². The van der Waals surface area contributed by atoms with Crippen LogP contribution in [0, 0.1) is 5.92 Å². The van der Waals surface area contributed by atoms with E-state index in [4.69, 9.17) is 0 Å². The molecule has 13 heavy (non-hydrogen) atoms. The summed E-state index contributed by atoms with van der Waals surface area (Å²) in [5.41, 5.74) is 0. The van der Waals surface area contributed by atoms with E-state index in [9.17, 15) is 4.79 Å². The smallest absolute Gasteiger partial charge is 0.142 e. The standard InChI is InChI=1S/C10H15NOS/c1-8(7-11-2)10(12)6-9-4-3-5-13-9/h3-5,8,11H,6-7H2,1-2H3. The Kier molecular flexibility index (Phi) is 4.12. The molecule has 1 atom stereocenters. The fraction of sp³-hybridized carbons (Fsp3) is 0.500. The molecule has 2 nitrogen and oxygen atoms in total. The van der Waals surface area contributed by atoms with Crippen molar-refractivity contribution in [3.8, 4) is 0 Å². The van der Waals surface area contributed by atoms with E-state index in [1.54, 1.807) is 11.3 Å². The van der Waals surface area contributed by atoms with Crippen molar-refractivity contribution in [2.45, 2.75) is 13.3 Å². The summed E-state index contributed by atoms with van der Waals surface area (Å²) in [5.74, 6) is 0.434. The van der Waals surface area contributed by atoms with Crippen LogP contribution in [0.4, 0.5) is 0 Å². The number of carbonyl (C=O) groups excluding carboxylic acids is 1. The molecule has 0 aromatic carbocycles. The van der Waals surface area contributed by atoms with Gasteiger partial charge in [0.05, 0.1) is 0 Å². The second-order valence-corrected chi connectivity index (χ2v) is 4.21. The van der Waals surface area contributed by atoms with Crippen molar-refractivity contribution in [1.29, 1.82) is 0 Å². The first-order valence-corrected chi connectivity index (χ1v) is 5.31. The van der Waals surface area contributed by atoms with E-state index < -0.39 is 0 Å². The molecule has 0 fully saturated rings. The molecular weight excluding hydrogens is 182 g/mol. The third-order valence-corrected chi connectivity index (χ3v) is 2.86. The predicted octanol–water partition coefficient (Wildman–Crippen LogP) is 1.72. The average Bonchev–Trinajstić information content (AvgIpc) is 2.57. The van der Waals surface area contributed by atoms with Crippen LogP contribution < -0.4 is 5.32 Å². The van der Waals surface area contributed by atoms with Gasteiger partial charge in [-0.05, 0) is 18.5 Å². The summed E-state index contributed by atoms with van der Waals surface area (Å²) >= 11 is 1.65. The van der Waals surface area contributed by atoms with Gasteiger partial charge in [-0.25, -0.2) is 0 Å². The Balaban J connectivity index is 2.41. The zero-order valence-electron chi connectivity index (χ0n) is 8.04. The molecule has 1 aromatic heterocycles. The van der Waals surface area contributed by atoms with Gasteiger partial charge in [0.15, 0.2) is 0 Å². The summed E-state index contributed by atoms with van der Waals surface area (Å²) in [6, 6.07) is 3.99. The highest BCUT2D eigenvalue weighted by Gasteiger charge is 2.12. The molecule has 1 N–H and O–H groups in total. The third-order valence-electron chi connectivity index (χ3n) is 1.99. The fourth-order valence-electron chi connectivity index (χ4n) is 1.18. The zero-order valence-corrected chi connectivity index (χ0v) is 8.86. The molecular formula is C10H15NOS. The van der Waals surface area contributed by atoms with Gasteiger partial charge in [0.1, 0.15) is 5.78 Å². The highest BCUT2D eigenvalue weighted by molar-refractivity contribution is 7.10. The van der Waals surface area contributed by atoms with E-state index in [0.717, 1.165) is 11.4 Å². The van der Waals surface area contributed by atoms with Crippen molar-refractivity contribution in [3.63, 3.8) is 0 Å². The first-order chi connectivity index (χ1) is 6.24. The molecule has 0 aliphatic carbocycles. The summed E-state index contributed by atoms with van der Waals surface area (Å²) in [5, 5.41) is 5.02. The Labute approximate surface area is 83.0 Å². The van der Waals surface area contributed by atoms with Crippen LogP contribution in [0.3, 0.4) is 0 Å². The molecule has 0 aliphatic rings. The van der Waals surface area contributed by atoms with Crippen LogP contribution in [0.15, 0.2) is 17.5 Å². The normalized spacial score (nSPS) is 12.8. The van der Waals surface area contributed by atoms with E-state index in [1.807, 2.05) is 31.5 Å². The van der Waals surface area contributed by atoms with Crippen molar-refractivity contribution in [2.75, 3.05) is 13.6 Å². The minimum atomic E-state index is 0.118. The number of ketones is 1. The van der Waals surface area contributed by atoms with Crippen LogP contribution in [0.5, 0.6) is 0 Å². The van der Waals surface area contributed by atoms with Gasteiger partial charge in [0.2, 0.25) is 0 Å². The van der Waals surface area contributed by atoms with Crippen molar-refractivity contribution >= 4 is 17.1 Å².